The van der Waals surface area contributed by atoms with E-state index in [0.29, 0.717) is 10.7 Å². The van der Waals surface area contributed by atoms with Gasteiger partial charge in [-0.3, -0.25) is 4.79 Å². The van der Waals surface area contributed by atoms with E-state index in [9.17, 15) is 14.7 Å². The second kappa shape index (κ2) is 5.05. The normalized spacial score (nSPS) is 17.2. The molecule has 1 aliphatic rings. The topological polar surface area (TPSA) is 84.9 Å². The van der Waals surface area contributed by atoms with Crippen LogP contribution in [-0.2, 0) is 19.1 Å². The van der Waals surface area contributed by atoms with Crippen LogP contribution in [0.1, 0.15) is 13.8 Å². The average molecular weight is 298 g/mol. The third-order valence-electron chi connectivity index (χ3n) is 2.45. The monoisotopic (exact) mass is 297 g/mol. The number of anilines is 1. The summed E-state index contributed by atoms with van der Waals surface area (Å²) >= 11 is 5.88. The molecule has 1 heterocycles. The van der Waals surface area contributed by atoms with Crippen LogP contribution in [0.3, 0.4) is 0 Å². The Kier molecular flexibility index (Phi) is 3.59. The lowest BCUT2D eigenvalue weighted by Gasteiger charge is -2.30. The minimum atomic E-state index is -1.32. The Morgan fingerprint density at radius 1 is 1.30 bits per heavy atom. The third-order valence-corrected chi connectivity index (χ3v) is 2.78. The average Bonchev–Trinajstić information content (AvgIpc) is 2.29. The molecule has 0 aromatic heterocycles. The largest absolute Gasteiger partial charge is 0.480 e. The molecule has 1 aromatic rings. The molecule has 1 aromatic carbocycles. The van der Waals surface area contributed by atoms with Gasteiger partial charge in [0.25, 0.3) is 11.7 Å². The van der Waals surface area contributed by atoms with Crippen molar-refractivity contribution in [2.75, 3.05) is 5.32 Å². The molecule has 0 fully saturated rings. The molecule has 6 nitrogen and oxygen atoms in total. The summed E-state index contributed by atoms with van der Waals surface area (Å²) in [5, 5.41) is 12.4. The van der Waals surface area contributed by atoms with E-state index in [-0.39, 0.29) is 0 Å². The van der Waals surface area contributed by atoms with E-state index in [1.807, 2.05) is 0 Å². The number of amides is 1. The smallest absolute Gasteiger partial charge is 0.354 e. The Morgan fingerprint density at radius 2 is 1.95 bits per heavy atom. The molecule has 1 amide bonds. The summed E-state index contributed by atoms with van der Waals surface area (Å²) in [7, 11) is 0. The van der Waals surface area contributed by atoms with Gasteiger partial charge in [0.05, 0.1) is 10.7 Å². The Labute approximate surface area is 119 Å². The molecule has 0 radical (unpaired) electrons. The number of nitrogens with one attached hydrogen (secondary N) is 1. The number of cyclic esters (lactones) is 1. The maximum absolute atomic E-state index is 12.0. The number of para-hydroxylation sites is 1. The number of hydrogen-bond acceptors (Lipinski definition) is 5. The number of aliphatic hydroxyl groups is 1. The summed E-state index contributed by atoms with van der Waals surface area (Å²) < 4.78 is 9.82. The zero-order valence-electron chi connectivity index (χ0n) is 10.8. The van der Waals surface area contributed by atoms with E-state index < -0.39 is 29.2 Å². The van der Waals surface area contributed by atoms with Gasteiger partial charge < -0.3 is 19.9 Å². The fourth-order valence-electron chi connectivity index (χ4n) is 1.60. The molecule has 2 N–H and O–H groups in total. The minimum Gasteiger partial charge on any atom is -0.480 e. The van der Waals surface area contributed by atoms with Crippen LogP contribution in [0.25, 0.3) is 0 Å². The molecule has 7 heteroatoms. The van der Waals surface area contributed by atoms with Gasteiger partial charge in [0.1, 0.15) is 0 Å². The Morgan fingerprint density at radius 3 is 2.55 bits per heavy atom. The molecule has 1 aliphatic heterocycles. The zero-order valence-corrected chi connectivity index (χ0v) is 11.5. The van der Waals surface area contributed by atoms with Crippen molar-refractivity contribution in [1.82, 2.24) is 0 Å². The van der Waals surface area contributed by atoms with Crippen molar-refractivity contribution in [3.8, 4) is 0 Å². The molecule has 106 valence electrons. The van der Waals surface area contributed by atoms with E-state index >= 15 is 0 Å². The first-order valence-electron chi connectivity index (χ1n) is 5.71. The fourth-order valence-corrected chi connectivity index (χ4v) is 1.79. The third kappa shape index (κ3) is 2.85. The molecule has 0 bridgehead atoms. The quantitative estimate of drug-likeness (QED) is 0.646. The maximum Gasteiger partial charge on any atom is 0.354 e. The highest BCUT2D eigenvalue weighted by molar-refractivity contribution is 6.34. The predicted octanol–water partition coefficient (Wildman–Crippen LogP) is 2.36. The van der Waals surface area contributed by atoms with Crippen LogP contribution in [0, 0.1) is 0 Å². The number of ether oxygens (including phenoxy) is 2. The van der Waals surface area contributed by atoms with Gasteiger partial charge >= 0.3 is 11.9 Å². The minimum absolute atomic E-state index is 0.298. The summed E-state index contributed by atoms with van der Waals surface area (Å²) in [6.45, 7) is 2.87. The molecule has 0 spiro atoms. The second-order valence-electron chi connectivity index (χ2n) is 4.51. The van der Waals surface area contributed by atoms with Gasteiger partial charge in [0, 0.05) is 13.8 Å². The molecule has 0 saturated heterocycles. The summed E-state index contributed by atoms with van der Waals surface area (Å²) in [6.07, 6.45) is 0. The van der Waals surface area contributed by atoms with Crippen molar-refractivity contribution in [3.63, 3.8) is 0 Å². The number of carbonyl (C=O) groups excluding carboxylic acids is 2. The SMILES string of the molecule is CC1(C)OC(=O)C(C(=O)Nc2ccccc2Cl)=C(O)O1. The van der Waals surface area contributed by atoms with Crippen molar-refractivity contribution in [1.29, 1.82) is 0 Å². The predicted molar refractivity (Wildman–Crippen MR) is 71.0 cm³/mol. The van der Waals surface area contributed by atoms with Gasteiger partial charge in [-0.25, -0.2) is 4.79 Å². The lowest BCUT2D eigenvalue weighted by Crippen LogP contribution is -2.40. The first-order valence-corrected chi connectivity index (χ1v) is 6.09. The first-order chi connectivity index (χ1) is 9.30. The van der Waals surface area contributed by atoms with Crippen LogP contribution >= 0.6 is 11.6 Å². The summed E-state index contributed by atoms with van der Waals surface area (Å²) in [4.78, 5) is 23.7. The standard InChI is InChI=1S/C13H12ClNO5/c1-13(2)19-11(17)9(12(18)20-13)10(16)15-8-6-4-3-5-7(8)14/h3-6,17H,1-2H3,(H,15,16). The highest BCUT2D eigenvalue weighted by atomic mass is 35.5. The maximum atomic E-state index is 12.0. The van der Waals surface area contributed by atoms with Gasteiger partial charge in [-0.15, -0.1) is 0 Å². The highest BCUT2D eigenvalue weighted by Gasteiger charge is 2.39. The molecule has 0 saturated carbocycles. The van der Waals surface area contributed by atoms with Crippen molar-refractivity contribution < 1.29 is 24.2 Å². The molecule has 2 rings (SSSR count). The number of halogens is 1. The number of aliphatic hydroxyl groups excluding tert-OH is 1. The van der Waals surface area contributed by atoms with Gasteiger partial charge in [0.2, 0.25) is 5.57 Å². The van der Waals surface area contributed by atoms with Gasteiger partial charge in [-0.05, 0) is 12.1 Å². The molecular weight excluding hydrogens is 286 g/mol. The van der Waals surface area contributed by atoms with E-state index in [1.165, 1.54) is 13.8 Å². The Hall–Kier alpha value is -2.21. The number of rotatable bonds is 2. The second-order valence-corrected chi connectivity index (χ2v) is 4.91. The van der Waals surface area contributed by atoms with Crippen LogP contribution in [-0.4, -0.2) is 22.8 Å². The van der Waals surface area contributed by atoms with Crippen LogP contribution in [0.5, 0.6) is 0 Å². The van der Waals surface area contributed by atoms with Gasteiger partial charge in [0.15, 0.2) is 0 Å². The van der Waals surface area contributed by atoms with Gasteiger partial charge in [-0.1, -0.05) is 23.7 Å². The highest BCUT2D eigenvalue weighted by Crippen LogP contribution is 2.27. The fraction of sp³-hybridized carbons (Fsp3) is 0.231. The van der Waals surface area contributed by atoms with Crippen LogP contribution in [0.2, 0.25) is 5.02 Å². The van der Waals surface area contributed by atoms with Crippen molar-refractivity contribution in [2.24, 2.45) is 0 Å². The Balaban J connectivity index is 2.26. The van der Waals surface area contributed by atoms with Gasteiger partial charge in [-0.2, -0.15) is 0 Å². The number of benzene rings is 1. The molecule has 20 heavy (non-hydrogen) atoms. The summed E-state index contributed by atoms with van der Waals surface area (Å²) in [6, 6.07) is 6.48. The number of esters is 1. The van der Waals surface area contributed by atoms with Crippen LogP contribution in [0.15, 0.2) is 35.8 Å². The van der Waals surface area contributed by atoms with E-state index in [1.54, 1.807) is 24.3 Å². The van der Waals surface area contributed by atoms with Crippen molar-refractivity contribution >= 4 is 29.2 Å². The van der Waals surface area contributed by atoms with Crippen LogP contribution in [0.4, 0.5) is 5.69 Å². The summed E-state index contributed by atoms with van der Waals surface area (Å²) in [5.74, 6) is -3.94. The molecular formula is C13H12ClNO5. The molecule has 0 aliphatic carbocycles. The van der Waals surface area contributed by atoms with Crippen LogP contribution < -0.4 is 5.32 Å². The lowest BCUT2D eigenvalue weighted by atomic mass is 10.2. The Bertz CT molecular complexity index is 609. The number of carbonyl (C=O) groups is 2. The lowest BCUT2D eigenvalue weighted by molar-refractivity contribution is -0.221. The van der Waals surface area contributed by atoms with Crippen molar-refractivity contribution in [2.45, 2.75) is 19.6 Å². The molecule has 0 atom stereocenters. The van der Waals surface area contributed by atoms with E-state index in [4.69, 9.17) is 21.1 Å². The number of hydrogen-bond donors (Lipinski definition) is 2. The molecule has 0 unspecified atom stereocenters. The van der Waals surface area contributed by atoms with E-state index in [2.05, 4.69) is 5.32 Å². The van der Waals surface area contributed by atoms with E-state index in [0.717, 1.165) is 0 Å². The summed E-state index contributed by atoms with van der Waals surface area (Å²) in [5.41, 5.74) is -0.304. The van der Waals surface area contributed by atoms with Crippen molar-refractivity contribution in [3.05, 3.63) is 40.8 Å². The zero-order chi connectivity index (χ0) is 14.9. The first kappa shape index (κ1) is 14.2.